The van der Waals surface area contributed by atoms with Crippen molar-refractivity contribution in [1.82, 2.24) is 14.3 Å². The van der Waals surface area contributed by atoms with Gasteiger partial charge < -0.3 is 9.55 Å². The highest BCUT2D eigenvalue weighted by molar-refractivity contribution is 7.91. The third-order valence-electron chi connectivity index (χ3n) is 5.81. The molecule has 10 heteroatoms. The van der Waals surface area contributed by atoms with Gasteiger partial charge in [0.1, 0.15) is 11.5 Å². The number of nitrogens with one attached hydrogen (secondary N) is 2. The standard InChI is InChI=1S/C24H19ClFN3O4S/c25-15-7-10-20-18(12-15)21(17-5-3-11-27-23(17)30)22(24(31)28-34(32,33)16-8-9-16)29(20)13-14-4-1-2-6-19(14)26/h1-7,10-12,16H,8-9,13H2,(H,27,30)(H,28,31). The van der Waals surface area contributed by atoms with E-state index in [1.165, 1.54) is 22.9 Å². The maximum atomic E-state index is 14.6. The Kier molecular flexibility index (Phi) is 5.53. The molecule has 4 aromatic rings. The number of nitrogens with zero attached hydrogens (tertiary/aromatic N) is 1. The summed E-state index contributed by atoms with van der Waals surface area (Å²) in [5, 5.41) is 0.204. The van der Waals surface area contributed by atoms with Crippen molar-refractivity contribution in [1.29, 1.82) is 0 Å². The molecule has 1 aliphatic carbocycles. The summed E-state index contributed by atoms with van der Waals surface area (Å²) in [6, 6.07) is 14.1. The van der Waals surface area contributed by atoms with E-state index in [1.54, 1.807) is 42.5 Å². The highest BCUT2D eigenvalue weighted by Crippen LogP contribution is 2.36. The van der Waals surface area contributed by atoms with Gasteiger partial charge >= 0.3 is 0 Å². The van der Waals surface area contributed by atoms with E-state index in [0.717, 1.165) is 0 Å². The van der Waals surface area contributed by atoms with Gasteiger partial charge in [-0.15, -0.1) is 0 Å². The molecular formula is C24H19ClFN3O4S. The van der Waals surface area contributed by atoms with Crippen molar-refractivity contribution >= 4 is 38.4 Å². The van der Waals surface area contributed by atoms with Crippen LogP contribution in [0.5, 0.6) is 0 Å². The van der Waals surface area contributed by atoms with E-state index in [2.05, 4.69) is 9.71 Å². The SMILES string of the molecule is O=C(NS(=O)(=O)C1CC1)c1c(-c2ccc[nH]c2=O)c2cc(Cl)ccc2n1Cc1ccccc1F. The van der Waals surface area contributed by atoms with E-state index < -0.39 is 32.6 Å². The number of carbonyl (C=O) groups is 1. The highest BCUT2D eigenvalue weighted by Gasteiger charge is 2.38. The summed E-state index contributed by atoms with van der Waals surface area (Å²) in [5.41, 5.74) is 0.644. The molecule has 1 aliphatic rings. The summed E-state index contributed by atoms with van der Waals surface area (Å²) >= 11 is 6.25. The van der Waals surface area contributed by atoms with E-state index in [1.807, 2.05) is 0 Å². The lowest BCUT2D eigenvalue weighted by Crippen LogP contribution is -2.35. The number of benzene rings is 2. The monoisotopic (exact) mass is 499 g/mol. The first kappa shape index (κ1) is 22.4. The minimum absolute atomic E-state index is 0.0677. The molecule has 0 aliphatic heterocycles. The number of sulfonamides is 1. The van der Waals surface area contributed by atoms with Crippen LogP contribution in [0.3, 0.4) is 0 Å². The van der Waals surface area contributed by atoms with E-state index >= 15 is 0 Å². The van der Waals surface area contributed by atoms with Crippen LogP contribution in [0.1, 0.15) is 28.9 Å². The first-order valence-electron chi connectivity index (χ1n) is 10.6. The summed E-state index contributed by atoms with van der Waals surface area (Å²) < 4.78 is 43.4. The third-order valence-corrected chi connectivity index (χ3v) is 7.87. The Balaban J connectivity index is 1.81. The molecule has 2 N–H and O–H groups in total. The van der Waals surface area contributed by atoms with Crippen LogP contribution in [-0.4, -0.2) is 29.1 Å². The number of aromatic nitrogens is 2. The average Bonchev–Trinajstić information content (AvgIpc) is 3.60. The molecule has 2 heterocycles. The summed E-state index contributed by atoms with van der Waals surface area (Å²) in [7, 11) is -3.89. The summed E-state index contributed by atoms with van der Waals surface area (Å²) in [6.45, 7) is -0.0677. The Bertz CT molecular complexity index is 1610. The molecule has 5 rings (SSSR count). The van der Waals surface area contributed by atoms with E-state index in [9.17, 15) is 22.4 Å². The smallest absolute Gasteiger partial charge is 0.282 e. The number of aromatic amines is 1. The molecule has 2 aromatic heterocycles. The van der Waals surface area contributed by atoms with Crippen molar-refractivity contribution in [2.24, 2.45) is 0 Å². The first-order chi connectivity index (χ1) is 16.3. The maximum Gasteiger partial charge on any atom is 0.282 e. The molecule has 1 amide bonds. The van der Waals surface area contributed by atoms with Gasteiger partial charge in [-0.1, -0.05) is 29.8 Å². The van der Waals surface area contributed by atoms with Gasteiger partial charge in [0.2, 0.25) is 10.0 Å². The second-order valence-electron chi connectivity index (χ2n) is 8.15. The van der Waals surface area contributed by atoms with Crippen LogP contribution < -0.4 is 10.3 Å². The number of amides is 1. The summed E-state index contributed by atoms with van der Waals surface area (Å²) in [6.07, 6.45) is 2.40. The molecule has 34 heavy (non-hydrogen) atoms. The van der Waals surface area contributed by atoms with Crippen molar-refractivity contribution in [2.45, 2.75) is 24.6 Å². The van der Waals surface area contributed by atoms with Crippen molar-refractivity contribution in [3.63, 3.8) is 0 Å². The topological polar surface area (TPSA) is 101 Å². The highest BCUT2D eigenvalue weighted by atomic mass is 35.5. The fourth-order valence-corrected chi connectivity index (χ4v) is 5.50. The minimum Gasteiger partial charge on any atom is -0.331 e. The molecule has 7 nitrogen and oxygen atoms in total. The van der Waals surface area contributed by atoms with Crippen LogP contribution >= 0.6 is 11.6 Å². The molecule has 0 atom stereocenters. The van der Waals surface area contributed by atoms with Gasteiger partial charge in [0.05, 0.1) is 11.8 Å². The molecular weight excluding hydrogens is 481 g/mol. The van der Waals surface area contributed by atoms with Crippen molar-refractivity contribution in [3.05, 3.63) is 93.2 Å². The van der Waals surface area contributed by atoms with Gasteiger partial charge in [-0.2, -0.15) is 0 Å². The second kappa shape index (κ2) is 8.41. The van der Waals surface area contributed by atoms with E-state index in [-0.39, 0.29) is 23.4 Å². The second-order valence-corrected chi connectivity index (χ2v) is 10.5. The molecule has 0 spiro atoms. The van der Waals surface area contributed by atoms with Crippen molar-refractivity contribution in [2.75, 3.05) is 0 Å². The Morgan fingerprint density at radius 3 is 2.62 bits per heavy atom. The normalized spacial score (nSPS) is 13.8. The zero-order chi connectivity index (χ0) is 24.0. The van der Waals surface area contributed by atoms with Crippen molar-refractivity contribution < 1.29 is 17.6 Å². The third kappa shape index (κ3) is 4.01. The Morgan fingerprint density at radius 1 is 1.15 bits per heavy atom. The predicted octanol–water partition coefficient (Wildman–Crippen LogP) is 4.06. The Hall–Kier alpha value is -3.43. The number of carbonyl (C=O) groups excluding carboxylic acids is 1. The van der Waals surface area contributed by atoms with Crippen LogP contribution in [0.25, 0.3) is 22.0 Å². The number of H-pyrrole nitrogens is 1. The van der Waals surface area contributed by atoms with Gasteiger partial charge in [0, 0.05) is 38.8 Å². The molecule has 174 valence electrons. The lowest BCUT2D eigenvalue weighted by molar-refractivity contribution is 0.0974. The van der Waals surface area contributed by atoms with E-state index in [4.69, 9.17) is 11.6 Å². The quantitative estimate of drug-likeness (QED) is 0.417. The summed E-state index contributed by atoms with van der Waals surface area (Å²) in [5.74, 6) is -1.37. The van der Waals surface area contributed by atoms with Crippen LogP contribution in [0, 0.1) is 5.82 Å². The molecule has 1 saturated carbocycles. The van der Waals surface area contributed by atoms with Crippen LogP contribution in [0.2, 0.25) is 5.02 Å². The zero-order valence-corrected chi connectivity index (χ0v) is 19.3. The number of hydrogen-bond acceptors (Lipinski definition) is 4. The summed E-state index contributed by atoms with van der Waals surface area (Å²) in [4.78, 5) is 28.8. The zero-order valence-electron chi connectivity index (χ0n) is 17.7. The fourth-order valence-electron chi connectivity index (χ4n) is 4.05. The van der Waals surface area contributed by atoms with Crippen LogP contribution in [0.4, 0.5) is 4.39 Å². The lowest BCUT2D eigenvalue weighted by Gasteiger charge is -2.13. The molecule has 2 aromatic carbocycles. The fraction of sp³-hybridized carbons (Fsp3) is 0.167. The van der Waals surface area contributed by atoms with Gasteiger partial charge in [0.25, 0.3) is 11.5 Å². The largest absolute Gasteiger partial charge is 0.331 e. The van der Waals surface area contributed by atoms with Gasteiger partial charge in [-0.05, 0) is 49.2 Å². The number of halogens is 2. The maximum absolute atomic E-state index is 14.6. The number of rotatable bonds is 6. The van der Waals surface area contributed by atoms with Gasteiger partial charge in [-0.3, -0.25) is 9.59 Å². The van der Waals surface area contributed by atoms with Crippen molar-refractivity contribution in [3.8, 4) is 11.1 Å². The average molecular weight is 500 g/mol. The Labute approximate surface area is 199 Å². The Morgan fingerprint density at radius 2 is 1.91 bits per heavy atom. The minimum atomic E-state index is -3.89. The van der Waals surface area contributed by atoms with Gasteiger partial charge in [0.15, 0.2) is 0 Å². The number of fused-ring (bicyclic) bond motifs is 1. The molecule has 0 radical (unpaired) electrons. The number of hydrogen-bond donors (Lipinski definition) is 2. The first-order valence-corrected chi connectivity index (χ1v) is 12.5. The van der Waals surface area contributed by atoms with Crippen LogP contribution in [-0.2, 0) is 16.6 Å². The number of pyridine rings is 1. The predicted molar refractivity (Wildman–Crippen MR) is 128 cm³/mol. The lowest BCUT2D eigenvalue weighted by atomic mass is 10.0. The van der Waals surface area contributed by atoms with E-state index in [0.29, 0.717) is 34.3 Å². The molecule has 1 fully saturated rings. The molecule has 0 unspecified atom stereocenters. The molecule has 0 bridgehead atoms. The van der Waals surface area contributed by atoms with Crippen LogP contribution in [0.15, 0.2) is 65.6 Å². The molecule has 0 saturated heterocycles. The van der Waals surface area contributed by atoms with Gasteiger partial charge in [-0.25, -0.2) is 17.5 Å².